The molecule has 1 aliphatic rings. The lowest BCUT2D eigenvalue weighted by atomic mass is 10.3. The fourth-order valence-electron chi connectivity index (χ4n) is 2.98. The molecule has 1 saturated heterocycles. The van der Waals surface area contributed by atoms with E-state index < -0.39 is 27.4 Å². The third-order valence-electron chi connectivity index (χ3n) is 4.53. The summed E-state index contributed by atoms with van der Waals surface area (Å²) in [7, 11) is -3.93. The summed E-state index contributed by atoms with van der Waals surface area (Å²) in [5.41, 5.74) is 0. The average molecular weight is 442 g/mol. The highest BCUT2D eigenvalue weighted by Gasteiger charge is 2.29. The zero-order chi connectivity index (χ0) is 20.6. The van der Waals surface area contributed by atoms with Crippen molar-refractivity contribution >= 4 is 21.4 Å². The summed E-state index contributed by atoms with van der Waals surface area (Å²) >= 11 is 1.40. The summed E-state index contributed by atoms with van der Waals surface area (Å²) in [6.07, 6.45) is 0. The predicted octanol–water partition coefficient (Wildman–Crippen LogP) is 1.81. The number of benzene rings is 1. The molecule has 29 heavy (non-hydrogen) atoms. The summed E-state index contributed by atoms with van der Waals surface area (Å²) in [5.74, 6) is -2.67. The van der Waals surface area contributed by atoms with E-state index in [0.717, 1.165) is 17.0 Å². The zero-order valence-corrected chi connectivity index (χ0v) is 16.6. The van der Waals surface area contributed by atoms with Crippen molar-refractivity contribution in [3.05, 3.63) is 57.9 Å². The Kier molecular flexibility index (Phi) is 5.34. The van der Waals surface area contributed by atoms with Crippen molar-refractivity contribution in [1.29, 1.82) is 0 Å². The van der Waals surface area contributed by atoms with E-state index in [0.29, 0.717) is 19.2 Å². The lowest BCUT2D eigenvalue weighted by Crippen LogP contribution is -2.49. The molecule has 0 aliphatic carbocycles. The molecule has 12 heteroatoms. The smallest absolute Gasteiger partial charge is 0.387 e. The molecule has 3 heterocycles. The third-order valence-corrected chi connectivity index (χ3v) is 7.28. The minimum absolute atomic E-state index is 0.145. The maximum absolute atomic E-state index is 13.4. The van der Waals surface area contributed by atoms with Gasteiger partial charge in [-0.15, -0.1) is 16.4 Å². The summed E-state index contributed by atoms with van der Waals surface area (Å²) in [4.78, 5) is 14.3. The maximum atomic E-state index is 13.4. The molecule has 4 rings (SSSR count). The quantitative estimate of drug-likeness (QED) is 0.599. The van der Waals surface area contributed by atoms with Crippen molar-refractivity contribution in [2.24, 2.45) is 0 Å². The Morgan fingerprint density at radius 2 is 1.86 bits per heavy atom. The van der Waals surface area contributed by atoms with Crippen LogP contribution in [0.15, 0.2) is 49.8 Å². The van der Waals surface area contributed by atoms with Gasteiger partial charge in [-0.1, -0.05) is 6.07 Å². The Hall–Kier alpha value is -2.41. The average Bonchev–Trinajstić information content (AvgIpc) is 3.35. The number of hydrogen-bond acceptors (Lipinski definition) is 7. The lowest BCUT2D eigenvalue weighted by molar-refractivity contribution is 0.142. The van der Waals surface area contributed by atoms with Crippen LogP contribution in [0.4, 0.5) is 8.78 Å². The number of nitrogens with zero attached hydrogens (tertiary/aromatic N) is 4. The largest absolute Gasteiger partial charge is 0.438 e. The van der Waals surface area contributed by atoms with Gasteiger partial charge in [0.15, 0.2) is 11.6 Å². The molecule has 0 saturated carbocycles. The SMILES string of the molecule is O=c1oc(-c2cccs2)nn1CN1CCN(S(=O)(=O)c2ccc(F)c(F)c2)CC1. The van der Waals surface area contributed by atoms with E-state index >= 15 is 0 Å². The highest BCUT2D eigenvalue weighted by Crippen LogP contribution is 2.22. The van der Waals surface area contributed by atoms with Crippen LogP contribution in [0, 0.1) is 11.6 Å². The van der Waals surface area contributed by atoms with Crippen molar-refractivity contribution < 1.29 is 21.6 Å². The van der Waals surface area contributed by atoms with Gasteiger partial charge in [-0.05, 0) is 29.6 Å². The van der Waals surface area contributed by atoms with Crippen molar-refractivity contribution in [3.8, 4) is 10.8 Å². The Morgan fingerprint density at radius 3 is 2.52 bits per heavy atom. The molecule has 2 aromatic heterocycles. The van der Waals surface area contributed by atoms with Crippen LogP contribution in [0.3, 0.4) is 0 Å². The van der Waals surface area contributed by atoms with Crippen LogP contribution in [0.2, 0.25) is 0 Å². The van der Waals surface area contributed by atoms with Gasteiger partial charge in [0.1, 0.15) is 6.67 Å². The van der Waals surface area contributed by atoms with Gasteiger partial charge in [0, 0.05) is 26.2 Å². The second-order valence-electron chi connectivity index (χ2n) is 6.39. The second-order valence-corrected chi connectivity index (χ2v) is 9.28. The van der Waals surface area contributed by atoms with Gasteiger partial charge < -0.3 is 4.42 Å². The topological polar surface area (TPSA) is 88.7 Å². The van der Waals surface area contributed by atoms with Crippen LogP contribution in [0.1, 0.15) is 0 Å². The van der Waals surface area contributed by atoms with Crippen molar-refractivity contribution in [3.63, 3.8) is 0 Å². The van der Waals surface area contributed by atoms with Crippen molar-refractivity contribution in [1.82, 2.24) is 19.0 Å². The van der Waals surface area contributed by atoms with Crippen LogP contribution in [0.5, 0.6) is 0 Å². The van der Waals surface area contributed by atoms with Gasteiger partial charge >= 0.3 is 5.76 Å². The molecular formula is C17H16F2N4O4S2. The second kappa shape index (κ2) is 7.78. The van der Waals surface area contributed by atoms with Gasteiger partial charge in [0.25, 0.3) is 5.89 Å². The van der Waals surface area contributed by atoms with Crippen LogP contribution < -0.4 is 5.76 Å². The van der Waals surface area contributed by atoms with E-state index in [4.69, 9.17) is 4.42 Å². The highest BCUT2D eigenvalue weighted by atomic mass is 32.2. The first-order valence-electron chi connectivity index (χ1n) is 8.64. The Morgan fingerprint density at radius 1 is 1.10 bits per heavy atom. The van der Waals surface area contributed by atoms with Gasteiger partial charge in [-0.25, -0.2) is 22.0 Å². The molecule has 0 radical (unpaired) electrons. The number of thiophene rings is 1. The highest BCUT2D eigenvalue weighted by molar-refractivity contribution is 7.89. The summed E-state index contributed by atoms with van der Waals surface area (Å²) in [5, 5.41) is 6.03. The predicted molar refractivity (Wildman–Crippen MR) is 101 cm³/mol. The summed E-state index contributed by atoms with van der Waals surface area (Å²) < 4.78 is 59.3. The van der Waals surface area contributed by atoms with E-state index in [2.05, 4.69) is 5.10 Å². The van der Waals surface area contributed by atoms with Crippen LogP contribution in [-0.4, -0.2) is 53.6 Å². The fourth-order valence-corrected chi connectivity index (χ4v) is 5.06. The Bertz CT molecular complexity index is 1170. The van der Waals surface area contributed by atoms with E-state index in [1.807, 2.05) is 16.3 Å². The molecule has 1 aromatic carbocycles. The van der Waals surface area contributed by atoms with E-state index in [-0.39, 0.29) is 30.5 Å². The molecule has 0 atom stereocenters. The maximum Gasteiger partial charge on any atom is 0.438 e. The number of piperazine rings is 1. The summed E-state index contributed by atoms with van der Waals surface area (Å²) in [6.45, 7) is 1.14. The molecule has 0 spiro atoms. The first-order chi connectivity index (χ1) is 13.8. The molecule has 0 bridgehead atoms. The van der Waals surface area contributed by atoms with E-state index in [9.17, 15) is 22.0 Å². The van der Waals surface area contributed by atoms with Crippen LogP contribution in [0.25, 0.3) is 10.8 Å². The standard InChI is InChI=1S/C17H16F2N4O4S2/c18-13-4-3-12(10-14(13)19)29(25,26)22-7-5-21(6-8-22)11-23-17(24)27-16(20-23)15-2-1-9-28-15/h1-4,9-10H,5-8,11H2. The normalized spacial score (nSPS) is 16.3. The molecule has 8 nitrogen and oxygen atoms in total. The van der Waals surface area contributed by atoms with Gasteiger partial charge in [0.05, 0.1) is 9.77 Å². The van der Waals surface area contributed by atoms with Crippen molar-refractivity contribution in [2.75, 3.05) is 26.2 Å². The van der Waals surface area contributed by atoms with Gasteiger partial charge in [0.2, 0.25) is 10.0 Å². The van der Waals surface area contributed by atoms with E-state index in [1.54, 1.807) is 6.07 Å². The first-order valence-corrected chi connectivity index (χ1v) is 11.0. The van der Waals surface area contributed by atoms with E-state index in [1.165, 1.54) is 20.3 Å². The molecule has 0 amide bonds. The summed E-state index contributed by atoms with van der Waals surface area (Å²) in [6, 6.07) is 6.13. The number of halogens is 2. The molecule has 1 fully saturated rings. The Labute approximate surface area is 168 Å². The van der Waals surface area contributed by atoms with Crippen molar-refractivity contribution in [2.45, 2.75) is 11.6 Å². The number of aromatic nitrogens is 2. The number of sulfonamides is 1. The molecule has 154 valence electrons. The van der Waals surface area contributed by atoms with Gasteiger partial charge in [-0.2, -0.15) is 8.99 Å². The Balaban J connectivity index is 1.42. The molecular weight excluding hydrogens is 426 g/mol. The van der Waals surface area contributed by atoms with Crippen LogP contribution in [-0.2, 0) is 16.7 Å². The minimum atomic E-state index is -3.93. The monoisotopic (exact) mass is 442 g/mol. The fraction of sp³-hybridized carbons (Fsp3) is 0.294. The zero-order valence-electron chi connectivity index (χ0n) is 15.0. The van der Waals surface area contributed by atoms with Gasteiger partial charge in [-0.3, -0.25) is 4.90 Å². The molecule has 1 aliphatic heterocycles. The molecule has 0 N–H and O–H groups in total. The first kappa shape index (κ1) is 19.9. The lowest BCUT2D eigenvalue weighted by Gasteiger charge is -2.33. The number of rotatable bonds is 5. The number of hydrogen-bond donors (Lipinski definition) is 0. The third kappa shape index (κ3) is 4.01. The minimum Gasteiger partial charge on any atom is -0.387 e. The molecule has 0 unspecified atom stereocenters. The van der Waals surface area contributed by atoms with Crippen LogP contribution >= 0.6 is 11.3 Å². The molecule has 3 aromatic rings.